The Bertz CT molecular complexity index is 473. The smallest absolute Gasteiger partial charge is 0.232 e. The van der Waals surface area contributed by atoms with Crippen molar-refractivity contribution in [3.8, 4) is 11.5 Å². The number of carbonyl (C=O) groups excluding carboxylic acids is 1. The van der Waals surface area contributed by atoms with Gasteiger partial charge >= 0.3 is 0 Å². The van der Waals surface area contributed by atoms with Crippen LogP contribution in [-0.4, -0.2) is 23.7 Å². The quantitative estimate of drug-likeness (QED) is 0.307. The highest BCUT2D eigenvalue weighted by Gasteiger charge is 2.14. The number of oxime groups is 1. The minimum Gasteiger partial charge on any atom is -0.454 e. The Balaban J connectivity index is 2.02. The molecular weight excluding hydrogens is 226 g/mol. The number of nitrogens with one attached hydrogen (secondary N) is 1. The lowest BCUT2D eigenvalue weighted by molar-refractivity contribution is -0.115. The Morgan fingerprint density at radius 1 is 1.47 bits per heavy atom. The highest BCUT2D eigenvalue weighted by atomic mass is 16.7. The number of ether oxygens (including phenoxy) is 2. The van der Waals surface area contributed by atoms with Crippen molar-refractivity contribution < 1.29 is 19.5 Å². The molecule has 90 valence electrons. The van der Waals surface area contributed by atoms with Crippen LogP contribution in [-0.2, 0) is 4.79 Å². The average molecular weight is 237 g/mol. The van der Waals surface area contributed by atoms with E-state index in [1.807, 2.05) is 0 Å². The molecule has 1 heterocycles. The fourth-order valence-corrected chi connectivity index (χ4v) is 1.38. The predicted molar refractivity (Wildman–Crippen MR) is 59.2 cm³/mol. The molecule has 0 spiro atoms. The van der Waals surface area contributed by atoms with E-state index in [4.69, 9.17) is 20.4 Å². The van der Waals surface area contributed by atoms with E-state index < -0.39 is 0 Å². The lowest BCUT2D eigenvalue weighted by atomic mass is 10.2. The molecule has 1 amide bonds. The number of amidine groups is 1. The molecule has 0 fully saturated rings. The summed E-state index contributed by atoms with van der Waals surface area (Å²) in [5.41, 5.74) is 5.77. The van der Waals surface area contributed by atoms with Crippen molar-refractivity contribution in [1.82, 2.24) is 0 Å². The molecule has 1 aliphatic heterocycles. The summed E-state index contributed by atoms with van der Waals surface area (Å²) in [5.74, 6) is 0.688. The summed E-state index contributed by atoms with van der Waals surface area (Å²) < 4.78 is 10.3. The molecular formula is C10H11N3O4. The molecule has 1 aromatic carbocycles. The molecule has 0 aliphatic carbocycles. The second kappa shape index (κ2) is 4.60. The van der Waals surface area contributed by atoms with E-state index in [0.29, 0.717) is 17.2 Å². The van der Waals surface area contributed by atoms with E-state index in [0.717, 1.165) is 0 Å². The van der Waals surface area contributed by atoms with Crippen molar-refractivity contribution in [1.29, 1.82) is 0 Å². The van der Waals surface area contributed by atoms with E-state index >= 15 is 0 Å². The van der Waals surface area contributed by atoms with Crippen molar-refractivity contribution in [2.75, 3.05) is 12.1 Å². The van der Waals surface area contributed by atoms with Gasteiger partial charge in [0.25, 0.3) is 0 Å². The second-order valence-corrected chi connectivity index (χ2v) is 3.38. The molecule has 1 aromatic rings. The fraction of sp³-hybridized carbons (Fsp3) is 0.200. The lowest BCUT2D eigenvalue weighted by Crippen LogP contribution is -2.21. The molecule has 0 saturated carbocycles. The minimum atomic E-state index is -0.376. The van der Waals surface area contributed by atoms with Crippen LogP contribution in [0.2, 0.25) is 0 Å². The molecule has 0 aromatic heterocycles. The number of hydrogen-bond donors (Lipinski definition) is 3. The maximum absolute atomic E-state index is 11.4. The molecule has 7 heteroatoms. The van der Waals surface area contributed by atoms with Gasteiger partial charge in [-0.05, 0) is 12.1 Å². The standard InChI is InChI=1S/C10H11N3O4/c11-9(13-15)4-10(14)12-6-1-2-7-8(3-6)17-5-16-7/h1-3,15H,4-5H2,(H2,11,13)(H,12,14). The molecule has 2 rings (SSSR count). The molecule has 17 heavy (non-hydrogen) atoms. The summed E-state index contributed by atoms with van der Waals surface area (Å²) in [6.07, 6.45) is -0.176. The van der Waals surface area contributed by atoms with Crippen molar-refractivity contribution in [3.63, 3.8) is 0 Å². The maximum atomic E-state index is 11.4. The average Bonchev–Trinajstić information content (AvgIpc) is 2.75. The van der Waals surface area contributed by atoms with Crippen LogP contribution in [0.25, 0.3) is 0 Å². The predicted octanol–water partition coefficient (Wildman–Crippen LogP) is 0.490. The highest BCUT2D eigenvalue weighted by molar-refractivity contribution is 6.04. The van der Waals surface area contributed by atoms with E-state index in [-0.39, 0.29) is 25.0 Å². The number of carbonyl (C=O) groups is 1. The second-order valence-electron chi connectivity index (χ2n) is 3.38. The fourth-order valence-electron chi connectivity index (χ4n) is 1.38. The Morgan fingerprint density at radius 2 is 2.24 bits per heavy atom. The van der Waals surface area contributed by atoms with Crippen LogP contribution in [0.15, 0.2) is 23.4 Å². The maximum Gasteiger partial charge on any atom is 0.232 e. The third-order valence-electron chi connectivity index (χ3n) is 2.13. The summed E-state index contributed by atoms with van der Waals surface area (Å²) in [5, 5.41) is 13.6. The number of amides is 1. The molecule has 0 bridgehead atoms. The van der Waals surface area contributed by atoms with Crippen molar-refractivity contribution in [3.05, 3.63) is 18.2 Å². The van der Waals surface area contributed by atoms with E-state index in [2.05, 4.69) is 10.5 Å². The first-order valence-electron chi connectivity index (χ1n) is 4.85. The monoisotopic (exact) mass is 237 g/mol. The summed E-state index contributed by atoms with van der Waals surface area (Å²) in [6, 6.07) is 5.02. The summed E-state index contributed by atoms with van der Waals surface area (Å²) >= 11 is 0. The number of hydrogen-bond acceptors (Lipinski definition) is 5. The van der Waals surface area contributed by atoms with Crippen LogP contribution in [0.5, 0.6) is 11.5 Å². The third kappa shape index (κ3) is 2.57. The van der Waals surface area contributed by atoms with Gasteiger partial charge in [-0.15, -0.1) is 0 Å². The normalized spacial score (nSPS) is 13.5. The zero-order chi connectivity index (χ0) is 12.3. The molecule has 1 aliphatic rings. The minimum absolute atomic E-state index is 0.150. The van der Waals surface area contributed by atoms with E-state index in [1.165, 1.54) is 0 Å². The number of anilines is 1. The summed E-state index contributed by atoms with van der Waals surface area (Å²) in [6.45, 7) is 0.177. The Hall–Kier alpha value is -2.44. The van der Waals surface area contributed by atoms with Gasteiger partial charge < -0.3 is 25.7 Å². The number of rotatable bonds is 3. The molecule has 0 saturated heterocycles. The van der Waals surface area contributed by atoms with Crippen LogP contribution in [0, 0.1) is 0 Å². The molecule has 0 atom stereocenters. The number of benzene rings is 1. The topological polar surface area (TPSA) is 106 Å². The van der Waals surface area contributed by atoms with Crippen LogP contribution >= 0.6 is 0 Å². The van der Waals surface area contributed by atoms with Crippen molar-refractivity contribution in [2.24, 2.45) is 10.9 Å². The zero-order valence-corrected chi connectivity index (χ0v) is 8.84. The van der Waals surface area contributed by atoms with E-state index in [1.54, 1.807) is 18.2 Å². The van der Waals surface area contributed by atoms with Gasteiger partial charge in [-0.2, -0.15) is 0 Å². The van der Waals surface area contributed by atoms with Crippen molar-refractivity contribution in [2.45, 2.75) is 6.42 Å². The Morgan fingerprint density at radius 3 is 3.00 bits per heavy atom. The van der Waals surface area contributed by atoms with Crippen LogP contribution < -0.4 is 20.5 Å². The first kappa shape index (κ1) is 11.1. The van der Waals surface area contributed by atoms with Gasteiger partial charge in [0.1, 0.15) is 5.84 Å². The SMILES string of the molecule is N/C(CC(=O)Nc1ccc2c(c1)OCO2)=N\O. The van der Waals surface area contributed by atoms with Gasteiger partial charge in [-0.3, -0.25) is 4.79 Å². The van der Waals surface area contributed by atoms with Gasteiger partial charge in [-0.25, -0.2) is 0 Å². The molecule has 7 nitrogen and oxygen atoms in total. The van der Waals surface area contributed by atoms with Gasteiger partial charge in [0.05, 0.1) is 6.42 Å². The van der Waals surface area contributed by atoms with Crippen LogP contribution in [0.1, 0.15) is 6.42 Å². The van der Waals surface area contributed by atoms with Crippen molar-refractivity contribution >= 4 is 17.4 Å². The summed E-state index contributed by atoms with van der Waals surface area (Å²) in [4.78, 5) is 11.4. The zero-order valence-electron chi connectivity index (χ0n) is 8.84. The number of nitrogens with zero attached hydrogens (tertiary/aromatic N) is 1. The van der Waals surface area contributed by atoms with Gasteiger partial charge in [0, 0.05) is 11.8 Å². The van der Waals surface area contributed by atoms with Crippen LogP contribution in [0.3, 0.4) is 0 Å². The first-order valence-corrected chi connectivity index (χ1v) is 4.85. The van der Waals surface area contributed by atoms with E-state index in [9.17, 15) is 4.79 Å². The third-order valence-corrected chi connectivity index (χ3v) is 2.13. The largest absolute Gasteiger partial charge is 0.454 e. The molecule has 0 radical (unpaired) electrons. The lowest BCUT2D eigenvalue weighted by Gasteiger charge is -2.05. The Labute approximate surface area is 96.8 Å². The Kier molecular flexibility index (Phi) is 2.99. The summed E-state index contributed by atoms with van der Waals surface area (Å²) in [7, 11) is 0. The van der Waals surface area contributed by atoms with Gasteiger partial charge in [0.15, 0.2) is 11.5 Å². The number of nitrogens with two attached hydrogens (primary N) is 1. The number of fused-ring (bicyclic) bond motifs is 1. The molecule has 0 unspecified atom stereocenters. The molecule has 4 N–H and O–H groups in total. The van der Waals surface area contributed by atoms with Gasteiger partial charge in [0.2, 0.25) is 12.7 Å². The van der Waals surface area contributed by atoms with Crippen LogP contribution in [0.4, 0.5) is 5.69 Å². The highest BCUT2D eigenvalue weighted by Crippen LogP contribution is 2.34. The first-order chi connectivity index (χ1) is 8.19. The van der Waals surface area contributed by atoms with Gasteiger partial charge in [-0.1, -0.05) is 5.16 Å².